The summed E-state index contributed by atoms with van der Waals surface area (Å²) in [6.45, 7) is 7.78. The standard InChI is InChI=1S/C33H35NO3/c1-5-6-7-8-9-25-13-17-26(18-14-25)31-21-29(28-20-23(3)12-19-30(28)34-31)33(36)37-24(4)32(35)27-15-10-22(2)11-16-27/h10-21,24H,5-9H2,1-4H3. The summed E-state index contributed by atoms with van der Waals surface area (Å²) < 4.78 is 5.69. The normalized spacial score (nSPS) is 11.9. The minimum atomic E-state index is -0.904. The topological polar surface area (TPSA) is 56.3 Å². The summed E-state index contributed by atoms with van der Waals surface area (Å²) in [5.41, 5.74) is 6.70. The zero-order chi connectivity index (χ0) is 26.4. The molecule has 0 saturated carbocycles. The third kappa shape index (κ3) is 6.51. The highest BCUT2D eigenvalue weighted by Gasteiger charge is 2.23. The molecule has 0 N–H and O–H groups in total. The van der Waals surface area contributed by atoms with Gasteiger partial charge in [-0.1, -0.05) is 91.9 Å². The lowest BCUT2D eigenvalue weighted by atomic mass is 10.0. The average molecular weight is 494 g/mol. The van der Waals surface area contributed by atoms with Gasteiger partial charge in [0.1, 0.15) is 0 Å². The van der Waals surface area contributed by atoms with Crippen molar-refractivity contribution in [2.24, 2.45) is 0 Å². The number of unbranched alkanes of at least 4 members (excludes halogenated alkanes) is 3. The van der Waals surface area contributed by atoms with Gasteiger partial charge in [-0.05, 0) is 57.4 Å². The lowest BCUT2D eigenvalue weighted by molar-refractivity contribution is 0.0320. The number of aryl methyl sites for hydroxylation is 3. The van der Waals surface area contributed by atoms with Crippen molar-refractivity contribution in [2.45, 2.75) is 65.9 Å². The van der Waals surface area contributed by atoms with Crippen LogP contribution in [0.2, 0.25) is 0 Å². The van der Waals surface area contributed by atoms with Gasteiger partial charge in [0, 0.05) is 16.5 Å². The predicted molar refractivity (Wildman–Crippen MR) is 150 cm³/mol. The van der Waals surface area contributed by atoms with Crippen molar-refractivity contribution in [1.29, 1.82) is 0 Å². The Balaban J connectivity index is 1.60. The summed E-state index contributed by atoms with van der Waals surface area (Å²) in [4.78, 5) is 31.1. The van der Waals surface area contributed by atoms with Crippen LogP contribution in [0.4, 0.5) is 0 Å². The first-order valence-electron chi connectivity index (χ1n) is 13.2. The predicted octanol–water partition coefficient (Wildman–Crippen LogP) is 8.07. The third-order valence-corrected chi connectivity index (χ3v) is 6.74. The van der Waals surface area contributed by atoms with Crippen LogP contribution in [0, 0.1) is 13.8 Å². The van der Waals surface area contributed by atoms with E-state index < -0.39 is 12.1 Å². The van der Waals surface area contributed by atoms with Crippen molar-refractivity contribution in [1.82, 2.24) is 4.98 Å². The second-order valence-electron chi connectivity index (χ2n) is 9.86. The molecule has 4 aromatic rings. The Hall–Kier alpha value is -3.79. The quantitative estimate of drug-likeness (QED) is 0.127. The molecule has 0 fully saturated rings. The van der Waals surface area contributed by atoms with E-state index in [9.17, 15) is 9.59 Å². The first-order chi connectivity index (χ1) is 17.9. The third-order valence-electron chi connectivity index (χ3n) is 6.74. The van der Waals surface area contributed by atoms with Crippen molar-refractivity contribution in [3.63, 3.8) is 0 Å². The Bertz CT molecular complexity index is 1390. The van der Waals surface area contributed by atoms with Crippen molar-refractivity contribution in [2.75, 3.05) is 0 Å². The monoisotopic (exact) mass is 493 g/mol. The maximum absolute atomic E-state index is 13.4. The van der Waals surface area contributed by atoms with Crippen LogP contribution in [0.3, 0.4) is 0 Å². The number of ether oxygens (including phenoxy) is 1. The number of ketones is 1. The molecule has 0 spiro atoms. The highest BCUT2D eigenvalue weighted by atomic mass is 16.5. The molecule has 0 aliphatic carbocycles. The molecular formula is C33H35NO3. The summed E-state index contributed by atoms with van der Waals surface area (Å²) in [5.74, 6) is -0.752. The summed E-state index contributed by atoms with van der Waals surface area (Å²) in [7, 11) is 0. The highest BCUT2D eigenvalue weighted by molar-refractivity contribution is 6.07. The molecule has 1 unspecified atom stereocenters. The molecule has 3 aromatic carbocycles. The van der Waals surface area contributed by atoms with Gasteiger partial charge >= 0.3 is 5.97 Å². The zero-order valence-corrected chi connectivity index (χ0v) is 22.2. The SMILES string of the molecule is CCCCCCc1ccc(-c2cc(C(=O)OC(C)C(=O)c3ccc(C)cc3)c3cc(C)ccc3n2)cc1. The second kappa shape index (κ2) is 12.0. The molecule has 1 heterocycles. The molecular weight excluding hydrogens is 458 g/mol. The number of rotatable bonds is 10. The average Bonchev–Trinajstić information content (AvgIpc) is 2.91. The van der Waals surface area contributed by atoms with Gasteiger partial charge < -0.3 is 4.74 Å². The van der Waals surface area contributed by atoms with Crippen LogP contribution in [0.25, 0.3) is 22.2 Å². The van der Waals surface area contributed by atoms with Crippen molar-refractivity contribution in [3.05, 3.63) is 101 Å². The summed E-state index contributed by atoms with van der Waals surface area (Å²) in [5, 5.41) is 0.719. The van der Waals surface area contributed by atoms with E-state index in [-0.39, 0.29) is 5.78 Å². The first kappa shape index (κ1) is 26.3. The van der Waals surface area contributed by atoms with Crippen molar-refractivity contribution < 1.29 is 14.3 Å². The number of hydrogen-bond acceptors (Lipinski definition) is 4. The maximum Gasteiger partial charge on any atom is 0.339 e. The summed E-state index contributed by atoms with van der Waals surface area (Å²) in [6.07, 6.45) is 5.10. The van der Waals surface area contributed by atoms with Gasteiger partial charge in [0.2, 0.25) is 5.78 Å². The molecule has 37 heavy (non-hydrogen) atoms. The lowest BCUT2D eigenvalue weighted by Gasteiger charge is -2.15. The van der Waals surface area contributed by atoms with Gasteiger partial charge in [-0.25, -0.2) is 9.78 Å². The Labute approximate surface area is 219 Å². The zero-order valence-electron chi connectivity index (χ0n) is 22.2. The number of benzene rings is 3. The minimum absolute atomic E-state index is 0.224. The van der Waals surface area contributed by atoms with E-state index in [1.165, 1.54) is 31.2 Å². The molecule has 190 valence electrons. The molecule has 0 bridgehead atoms. The largest absolute Gasteiger partial charge is 0.451 e. The fraction of sp³-hybridized carbons (Fsp3) is 0.303. The number of carbonyl (C=O) groups is 2. The van der Waals surface area contributed by atoms with Crippen LogP contribution in [-0.2, 0) is 11.2 Å². The fourth-order valence-corrected chi connectivity index (χ4v) is 4.48. The van der Waals surface area contributed by atoms with Crippen LogP contribution in [0.1, 0.15) is 76.9 Å². The van der Waals surface area contributed by atoms with Gasteiger partial charge in [-0.15, -0.1) is 0 Å². The van der Waals surface area contributed by atoms with E-state index in [0.29, 0.717) is 16.8 Å². The van der Waals surface area contributed by atoms with Gasteiger partial charge in [0.25, 0.3) is 0 Å². The van der Waals surface area contributed by atoms with Gasteiger partial charge in [-0.2, -0.15) is 0 Å². The van der Waals surface area contributed by atoms with E-state index >= 15 is 0 Å². The van der Waals surface area contributed by atoms with Gasteiger partial charge in [0.05, 0.1) is 16.8 Å². The number of aromatic nitrogens is 1. The molecule has 4 heteroatoms. The molecule has 1 aromatic heterocycles. The molecule has 0 amide bonds. The van der Waals surface area contributed by atoms with Gasteiger partial charge in [0.15, 0.2) is 6.10 Å². The first-order valence-corrected chi connectivity index (χ1v) is 13.2. The number of carbonyl (C=O) groups excluding carboxylic acids is 2. The van der Waals surface area contributed by atoms with E-state index in [1.54, 1.807) is 25.1 Å². The number of Topliss-reactive ketones (excluding diaryl/α,β-unsaturated/α-hetero) is 1. The second-order valence-corrected chi connectivity index (χ2v) is 9.86. The van der Waals surface area contributed by atoms with Crippen molar-refractivity contribution in [3.8, 4) is 11.3 Å². The lowest BCUT2D eigenvalue weighted by Crippen LogP contribution is -2.24. The Morgan fingerprint density at radius 2 is 1.54 bits per heavy atom. The van der Waals surface area contributed by atoms with Crippen LogP contribution >= 0.6 is 0 Å². The molecule has 0 radical (unpaired) electrons. The van der Waals surface area contributed by atoms with E-state index in [0.717, 1.165) is 34.0 Å². The van der Waals surface area contributed by atoms with Crippen LogP contribution in [-0.4, -0.2) is 22.8 Å². The molecule has 1 atom stereocenters. The van der Waals surface area contributed by atoms with Crippen LogP contribution in [0.15, 0.2) is 72.8 Å². The van der Waals surface area contributed by atoms with E-state index in [4.69, 9.17) is 9.72 Å². The van der Waals surface area contributed by atoms with Crippen LogP contribution in [0.5, 0.6) is 0 Å². The minimum Gasteiger partial charge on any atom is -0.451 e. The number of hydrogen-bond donors (Lipinski definition) is 0. The van der Waals surface area contributed by atoms with Crippen LogP contribution < -0.4 is 0 Å². The molecule has 0 saturated heterocycles. The smallest absolute Gasteiger partial charge is 0.339 e. The maximum atomic E-state index is 13.4. The number of fused-ring (bicyclic) bond motifs is 1. The fourth-order valence-electron chi connectivity index (χ4n) is 4.48. The summed E-state index contributed by atoms with van der Waals surface area (Å²) >= 11 is 0. The highest BCUT2D eigenvalue weighted by Crippen LogP contribution is 2.27. The van der Waals surface area contributed by atoms with Gasteiger partial charge in [-0.3, -0.25) is 4.79 Å². The van der Waals surface area contributed by atoms with E-state index in [1.807, 2.05) is 44.2 Å². The Morgan fingerprint density at radius 1 is 0.838 bits per heavy atom. The summed E-state index contributed by atoms with van der Waals surface area (Å²) in [6, 6.07) is 23.3. The Kier molecular flexibility index (Phi) is 8.50. The molecule has 0 aliphatic rings. The van der Waals surface area contributed by atoms with Crippen molar-refractivity contribution >= 4 is 22.7 Å². The number of nitrogens with zero attached hydrogens (tertiary/aromatic N) is 1. The molecule has 4 rings (SSSR count). The molecule has 4 nitrogen and oxygen atoms in total. The number of esters is 1. The number of pyridine rings is 1. The molecule has 0 aliphatic heterocycles. The Morgan fingerprint density at radius 3 is 2.24 bits per heavy atom. The van der Waals surface area contributed by atoms with E-state index in [2.05, 4.69) is 31.2 Å².